The van der Waals surface area contributed by atoms with E-state index >= 15 is 0 Å². The molecule has 0 saturated heterocycles. The van der Waals surface area contributed by atoms with Crippen molar-refractivity contribution in [3.05, 3.63) is 64.6 Å². The highest BCUT2D eigenvalue weighted by Crippen LogP contribution is 2.22. The van der Waals surface area contributed by atoms with E-state index in [1.807, 2.05) is 48.0 Å². The van der Waals surface area contributed by atoms with Crippen molar-refractivity contribution in [2.24, 2.45) is 5.10 Å². The maximum absolute atomic E-state index is 4.90. The van der Waals surface area contributed by atoms with Gasteiger partial charge in [-0.15, -0.1) is 0 Å². The van der Waals surface area contributed by atoms with Crippen LogP contribution in [-0.2, 0) is 19.3 Å². The van der Waals surface area contributed by atoms with E-state index in [9.17, 15) is 0 Å². The molecule has 152 valence electrons. The number of hydrogen-bond donors (Lipinski definition) is 1. The first-order valence-corrected chi connectivity index (χ1v) is 10.5. The summed E-state index contributed by atoms with van der Waals surface area (Å²) in [5.74, 6) is 1.26. The van der Waals surface area contributed by atoms with E-state index in [0.29, 0.717) is 11.8 Å². The number of hydrazone groups is 1. The lowest BCUT2D eigenvalue weighted by atomic mass is 10.0. The van der Waals surface area contributed by atoms with Crippen molar-refractivity contribution in [1.82, 2.24) is 19.7 Å². The van der Waals surface area contributed by atoms with E-state index in [0.717, 1.165) is 43.4 Å². The van der Waals surface area contributed by atoms with Crippen LogP contribution in [0.15, 0.2) is 41.5 Å². The molecule has 0 saturated carbocycles. The molecule has 29 heavy (non-hydrogen) atoms. The summed E-state index contributed by atoms with van der Waals surface area (Å²) in [6.45, 7) is 8.54. The van der Waals surface area contributed by atoms with Crippen molar-refractivity contribution in [1.29, 1.82) is 0 Å². The van der Waals surface area contributed by atoms with Gasteiger partial charge in [-0.3, -0.25) is 5.43 Å². The van der Waals surface area contributed by atoms with Gasteiger partial charge in [0.2, 0.25) is 0 Å². The number of nitrogens with one attached hydrogen (secondary N) is 1. The molecule has 0 spiro atoms. The summed E-state index contributed by atoms with van der Waals surface area (Å²) in [6, 6.07) is 11.9. The maximum atomic E-state index is 4.90. The fraction of sp³-hybridized carbons (Fsp3) is 0.391. The molecule has 0 aliphatic carbocycles. The second-order valence-corrected chi connectivity index (χ2v) is 7.11. The molecule has 6 heteroatoms. The Morgan fingerprint density at radius 1 is 1.03 bits per heavy atom. The lowest BCUT2D eigenvalue weighted by Gasteiger charge is -2.09. The van der Waals surface area contributed by atoms with Gasteiger partial charge < -0.3 is 0 Å². The summed E-state index contributed by atoms with van der Waals surface area (Å²) in [5, 5.41) is 9.22. The van der Waals surface area contributed by atoms with Crippen LogP contribution in [0.2, 0.25) is 0 Å². The Balaban J connectivity index is 1.94. The molecule has 1 N–H and O–H groups in total. The second-order valence-electron chi connectivity index (χ2n) is 7.11. The van der Waals surface area contributed by atoms with Crippen molar-refractivity contribution in [2.75, 3.05) is 5.43 Å². The molecular formula is C23H30N6. The Labute approximate surface area is 173 Å². The molecule has 0 aliphatic heterocycles. The number of benzene rings is 1. The minimum absolute atomic E-state index is 0.600. The summed E-state index contributed by atoms with van der Waals surface area (Å²) in [6.07, 6.45) is 6.83. The molecule has 3 aromatic rings. The fourth-order valence-electron chi connectivity index (χ4n) is 3.46. The Morgan fingerprint density at radius 3 is 2.48 bits per heavy atom. The Bertz CT molecular complexity index is 959. The molecule has 0 unspecified atom stereocenters. The Hall–Kier alpha value is -3.02. The normalized spacial score (nSPS) is 11.3. The summed E-state index contributed by atoms with van der Waals surface area (Å²) >= 11 is 0. The lowest BCUT2D eigenvalue weighted by molar-refractivity contribution is 0.716. The van der Waals surface area contributed by atoms with Gasteiger partial charge in [-0.25, -0.2) is 9.67 Å². The number of aromatic nitrogens is 4. The predicted molar refractivity (Wildman–Crippen MR) is 119 cm³/mol. The van der Waals surface area contributed by atoms with Crippen LogP contribution in [0, 0.1) is 6.92 Å². The smallest absolute Gasteiger partial charge is 0.253 e. The van der Waals surface area contributed by atoms with Crippen molar-refractivity contribution in [3.63, 3.8) is 0 Å². The molecule has 6 nitrogen and oxygen atoms in total. The zero-order chi connectivity index (χ0) is 20.6. The van der Waals surface area contributed by atoms with Gasteiger partial charge in [0.25, 0.3) is 5.95 Å². The zero-order valence-corrected chi connectivity index (χ0v) is 17.8. The Kier molecular flexibility index (Phi) is 7.11. The van der Waals surface area contributed by atoms with Gasteiger partial charge in [-0.05, 0) is 37.3 Å². The quantitative estimate of drug-likeness (QED) is 0.417. The highest BCUT2D eigenvalue weighted by Gasteiger charge is 2.18. The lowest BCUT2D eigenvalue weighted by Crippen LogP contribution is -2.10. The largest absolute Gasteiger partial charge is 0.261 e. The number of hydrogen-bond acceptors (Lipinski definition) is 5. The molecule has 2 heterocycles. The van der Waals surface area contributed by atoms with E-state index in [1.165, 1.54) is 17.0 Å². The van der Waals surface area contributed by atoms with Crippen molar-refractivity contribution in [2.45, 2.75) is 59.8 Å². The molecule has 0 bridgehead atoms. The molecule has 3 rings (SSSR count). The highest BCUT2D eigenvalue weighted by molar-refractivity contribution is 5.79. The minimum Gasteiger partial charge on any atom is -0.261 e. The highest BCUT2D eigenvalue weighted by atomic mass is 15.4. The fourth-order valence-corrected chi connectivity index (χ4v) is 3.46. The van der Waals surface area contributed by atoms with Crippen LogP contribution in [0.3, 0.4) is 0 Å². The van der Waals surface area contributed by atoms with E-state index in [2.05, 4.69) is 36.3 Å². The minimum atomic E-state index is 0.600. The molecule has 0 fully saturated rings. The van der Waals surface area contributed by atoms with Crippen LogP contribution < -0.4 is 5.43 Å². The molecule has 0 radical (unpaired) electrons. The standard InChI is InChI=1S/C23H30N6/c1-5-11-20-19(7-3)21(12-6-2)29(28-20)23-25-17(4)15-22(26-23)27-24-16-18-13-9-8-10-14-18/h8-10,13-16H,5-7,11-12H2,1-4H3,(H,25,26,27)/b24-16-. The molecule has 0 atom stereocenters. The predicted octanol–water partition coefficient (Wildman–Crippen LogP) is 4.88. The third-order valence-corrected chi connectivity index (χ3v) is 4.72. The van der Waals surface area contributed by atoms with E-state index in [1.54, 1.807) is 6.21 Å². The van der Waals surface area contributed by atoms with Gasteiger partial charge in [-0.2, -0.15) is 15.2 Å². The average Bonchev–Trinajstić information content (AvgIpc) is 3.06. The van der Waals surface area contributed by atoms with Crippen LogP contribution >= 0.6 is 0 Å². The van der Waals surface area contributed by atoms with Gasteiger partial charge in [0, 0.05) is 11.8 Å². The van der Waals surface area contributed by atoms with Crippen molar-refractivity contribution < 1.29 is 0 Å². The monoisotopic (exact) mass is 390 g/mol. The second kappa shape index (κ2) is 9.96. The third-order valence-electron chi connectivity index (χ3n) is 4.72. The Morgan fingerprint density at radius 2 is 1.79 bits per heavy atom. The van der Waals surface area contributed by atoms with Crippen molar-refractivity contribution >= 4 is 12.0 Å². The number of rotatable bonds is 9. The van der Waals surface area contributed by atoms with Crippen LogP contribution in [0.1, 0.15) is 61.8 Å². The first kappa shape index (κ1) is 20.7. The summed E-state index contributed by atoms with van der Waals surface area (Å²) < 4.78 is 1.94. The van der Waals surface area contributed by atoms with Gasteiger partial charge >= 0.3 is 0 Å². The SMILES string of the molecule is CCCc1nn(-c2nc(C)cc(N/N=C\c3ccccc3)n2)c(CCC)c1CC. The van der Waals surface area contributed by atoms with Gasteiger partial charge in [0.1, 0.15) is 0 Å². The first-order valence-electron chi connectivity index (χ1n) is 10.5. The molecule has 2 aromatic heterocycles. The van der Waals surface area contributed by atoms with E-state index in [-0.39, 0.29) is 0 Å². The number of aryl methyl sites for hydroxylation is 2. The summed E-state index contributed by atoms with van der Waals surface area (Å²) in [7, 11) is 0. The van der Waals surface area contributed by atoms with Gasteiger partial charge in [-0.1, -0.05) is 63.9 Å². The maximum Gasteiger partial charge on any atom is 0.253 e. The first-order chi connectivity index (χ1) is 14.2. The topological polar surface area (TPSA) is 68.0 Å². The van der Waals surface area contributed by atoms with Crippen molar-refractivity contribution in [3.8, 4) is 5.95 Å². The third kappa shape index (κ3) is 5.08. The zero-order valence-electron chi connectivity index (χ0n) is 17.8. The summed E-state index contributed by atoms with van der Waals surface area (Å²) in [5.41, 5.74) is 8.67. The molecule has 0 aliphatic rings. The van der Waals surface area contributed by atoms with E-state index in [4.69, 9.17) is 10.1 Å². The van der Waals surface area contributed by atoms with E-state index < -0.39 is 0 Å². The summed E-state index contributed by atoms with van der Waals surface area (Å²) in [4.78, 5) is 9.35. The molecule has 0 amide bonds. The van der Waals surface area contributed by atoms with Crippen LogP contribution in [0.5, 0.6) is 0 Å². The number of nitrogens with zero attached hydrogens (tertiary/aromatic N) is 5. The van der Waals surface area contributed by atoms with Crippen LogP contribution in [0.25, 0.3) is 5.95 Å². The molecule has 1 aromatic carbocycles. The molecular weight excluding hydrogens is 360 g/mol. The average molecular weight is 391 g/mol. The van der Waals surface area contributed by atoms with Crippen LogP contribution in [0.4, 0.5) is 5.82 Å². The number of anilines is 1. The van der Waals surface area contributed by atoms with Gasteiger partial charge in [0.15, 0.2) is 5.82 Å². The van der Waals surface area contributed by atoms with Gasteiger partial charge in [0.05, 0.1) is 17.6 Å². The van der Waals surface area contributed by atoms with Crippen LogP contribution in [-0.4, -0.2) is 26.0 Å².